The summed E-state index contributed by atoms with van der Waals surface area (Å²) in [4.78, 5) is 0. The molecule has 0 spiro atoms. The minimum Gasteiger partial charge on any atom is -0.487 e. The number of benzene rings is 2. The second-order valence-electron chi connectivity index (χ2n) is 3.66. The van der Waals surface area contributed by atoms with Crippen LogP contribution >= 0.6 is 11.6 Å². The largest absolute Gasteiger partial charge is 0.487 e. The minimum absolute atomic E-state index is 0.0787. The molecule has 0 aliphatic rings. The van der Waals surface area contributed by atoms with Gasteiger partial charge in [0.25, 0.3) is 0 Å². The molecule has 0 atom stereocenters. The Morgan fingerprint density at radius 3 is 2.47 bits per heavy atom. The van der Waals surface area contributed by atoms with Crippen molar-refractivity contribution >= 4 is 11.6 Å². The zero-order valence-electron chi connectivity index (χ0n) is 9.27. The van der Waals surface area contributed by atoms with Crippen LogP contribution in [0.25, 0.3) is 0 Å². The quantitative estimate of drug-likeness (QED) is 0.899. The van der Waals surface area contributed by atoms with Gasteiger partial charge in [0.2, 0.25) is 0 Å². The first-order valence-electron chi connectivity index (χ1n) is 5.36. The Hall–Kier alpha value is -1.51. The van der Waals surface area contributed by atoms with Crippen LogP contribution in [-0.4, -0.2) is 5.11 Å². The lowest BCUT2D eigenvalue weighted by Gasteiger charge is -2.11. The zero-order valence-corrected chi connectivity index (χ0v) is 10.0. The summed E-state index contributed by atoms with van der Waals surface area (Å²) in [6.07, 6.45) is 0. The molecule has 0 bridgehead atoms. The molecule has 0 fully saturated rings. The number of para-hydroxylation sites is 1. The molecule has 0 aliphatic heterocycles. The highest BCUT2D eigenvalue weighted by Crippen LogP contribution is 2.29. The van der Waals surface area contributed by atoms with E-state index in [9.17, 15) is 5.11 Å². The van der Waals surface area contributed by atoms with Crippen molar-refractivity contribution in [2.75, 3.05) is 0 Å². The maximum absolute atomic E-state index is 9.20. The van der Waals surface area contributed by atoms with Crippen molar-refractivity contribution in [1.82, 2.24) is 0 Å². The molecular weight excluding hydrogens is 236 g/mol. The summed E-state index contributed by atoms with van der Waals surface area (Å²) in [5.41, 5.74) is 1.77. The number of aliphatic hydroxyl groups is 1. The van der Waals surface area contributed by atoms with Crippen LogP contribution in [0.1, 0.15) is 11.1 Å². The smallest absolute Gasteiger partial charge is 0.143 e. The molecule has 0 amide bonds. The molecule has 88 valence electrons. The van der Waals surface area contributed by atoms with Gasteiger partial charge in [-0.25, -0.2) is 0 Å². The molecule has 2 aromatic carbocycles. The van der Waals surface area contributed by atoms with Crippen LogP contribution in [0.4, 0.5) is 0 Å². The Kier molecular flexibility index (Phi) is 4.02. The lowest BCUT2D eigenvalue weighted by atomic mass is 10.2. The number of hydrogen-bond donors (Lipinski definition) is 1. The highest BCUT2D eigenvalue weighted by atomic mass is 35.5. The molecule has 0 unspecified atom stereocenters. The zero-order chi connectivity index (χ0) is 12.1. The van der Waals surface area contributed by atoms with Crippen molar-refractivity contribution in [1.29, 1.82) is 0 Å². The van der Waals surface area contributed by atoms with E-state index in [-0.39, 0.29) is 6.61 Å². The average Bonchev–Trinajstić information content (AvgIpc) is 2.38. The topological polar surface area (TPSA) is 29.5 Å². The fourth-order valence-corrected chi connectivity index (χ4v) is 1.82. The van der Waals surface area contributed by atoms with Crippen molar-refractivity contribution < 1.29 is 9.84 Å². The molecule has 0 saturated carbocycles. The van der Waals surface area contributed by atoms with Gasteiger partial charge in [0.1, 0.15) is 12.4 Å². The molecule has 2 rings (SSSR count). The fourth-order valence-electron chi connectivity index (χ4n) is 1.57. The normalized spacial score (nSPS) is 10.2. The second kappa shape index (κ2) is 5.71. The molecular formula is C14H13ClO2. The van der Waals surface area contributed by atoms with E-state index in [1.165, 1.54) is 0 Å². The second-order valence-corrected chi connectivity index (χ2v) is 4.07. The first-order valence-corrected chi connectivity index (χ1v) is 5.74. The summed E-state index contributed by atoms with van der Waals surface area (Å²) in [5.74, 6) is 0.556. The SMILES string of the molecule is OCc1cccc(Cl)c1OCc1ccccc1. The molecule has 0 aliphatic carbocycles. The van der Waals surface area contributed by atoms with Gasteiger partial charge in [0.15, 0.2) is 0 Å². The summed E-state index contributed by atoms with van der Waals surface area (Å²) in [6, 6.07) is 15.2. The van der Waals surface area contributed by atoms with Gasteiger partial charge in [-0.1, -0.05) is 54.1 Å². The molecule has 0 saturated heterocycles. The van der Waals surface area contributed by atoms with Crippen LogP contribution in [0.5, 0.6) is 5.75 Å². The lowest BCUT2D eigenvalue weighted by Crippen LogP contribution is -1.99. The Morgan fingerprint density at radius 2 is 1.76 bits per heavy atom. The maximum Gasteiger partial charge on any atom is 0.143 e. The van der Waals surface area contributed by atoms with Gasteiger partial charge in [-0.05, 0) is 11.6 Å². The van der Waals surface area contributed by atoms with Crippen LogP contribution in [-0.2, 0) is 13.2 Å². The van der Waals surface area contributed by atoms with Gasteiger partial charge in [-0.15, -0.1) is 0 Å². The van der Waals surface area contributed by atoms with Gasteiger partial charge < -0.3 is 9.84 Å². The molecule has 0 aromatic heterocycles. The monoisotopic (exact) mass is 248 g/mol. The first kappa shape index (κ1) is 12.0. The maximum atomic E-state index is 9.20. The molecule has 2 nitrogen and oxygen atoms in total. The summed E-state index contributed by atoms with van der Waals surface area (Å²) < 4.78 is 5.65. The third-order valence-electron chi connectivity index (χ3n) is 2.44. The Bertz CT molecular complexity index is 483. The van der Waals surface area contributed by atoms with Crippen molar-refractivity contribution in [2.24, 2.45) is 0 Å². The predicted molar refractivity (Wildman–Crippen MR) is 68.1 cm³/mol. The van der Waals surface area contributed by atoms with E-state index >= 15 is 0 Å². The third-order valence-corrected chi connectivity index (χ3v) is 2.74. The molecule has 2 aromatic rings. The van der Waals surface area contributed by atoms with E-state index in [0.717, 1.165) is 5.56 Å². The van der Waals surface area contributed by atoms with Crippen molar-refractivity contribution in [3.05, 3.63) is 64.7 Å². The van der Waals surface area contributed by atoms with E-state index in [4.69, 9.17) is 16.3 Å². The van der Waals surface area contributed by atoms with Gasteiger partial charge in [0, 0.05) is 5.56 Å². The summed E-state index contributed by atoms with van der Waals surface area (Å²) in [5, 5.41) is 9.72. The Balaban J connectivity index is 2.14. The summed E-state index contributed by atoms with van der Waals surface area (Å²) in [6.45, 7) is 0.363. The number of rotatable bonds is 4. The number of hydrogen-bond acceptors (Lipinski definition) is 2. The van der Waals surface area contributed by atoms with Crippen molar-refractivity contribution in [2.45, 2.75) is 13.2 Å². The van der Waals surface area contributed by atoms with Crippen LogP contribution < -0.4 is 4.74 Å². The van der Waals surface area contributed by atoms with Gasteiger partial charge in [-0.2, -0.15) is 0 Å². The van der Waals surface area contributed by atoms with Crippen LogP contribution in [0.15, 0.2) is 48.5 Å². The van der Waals surface area contributed by atoms with Gasteiger partial charge in [0.05, 0.1) is 11.6 Å². The van der Waals surface area contributed by atoms with Crippen molar-refractivity contribution in [3.8, 4) is 5.75 Å². The Labute approximate surface area is 105 Å². The Morgan fingerprint density at radius 1 is 1.00 bits per heavy atom. The van der Waals surface area contributed by atoms with Crippen LogP contribution in [0.2, 0.25) is 5.02 Å². The molecule has 17 heavy (non-hydrogen) atoms. The van der Waals surface area contributed by atoms with Gasteiger partial charge >= 0.3 is 0 Å². The fraction of sp³-hybridized carbons (Fsp3) is 0.143. The van der Waals surface area contributed by atoms with Gasteiger partial charge in [-0.3, -0.25) is 0 Å². The predicted octanol–water partition coefficient (Wildman–Crippen LogP) is 3.41. The molecule has 0 radical (unpaired) electrons. The van der Waals surface area contributed by atoms with E-state index < -0.39 is 0 Å². The highest BCUT2D eigenvalue weighted by molar-refractivity contribution is 6.32. The number of halogens is 1. The molecule has 0 heterocycles. The standard InChI is InChI=1S/C14H13ClO2/c15-13-8-4-7-12(9-16)14(13)17-10-11-5-2-1-3-6-11/h1-8,16H,9-10H2. The molecule has 3 heteroatoms. The average molecular weight is 249 g/mol. The number of aliphatic hydroxyl groups excluding tert-OH is 1. The highest BCUT2D eigenvalue weighted by Gasteiger charge is 2.07. The minimum atomic E-state index is -0.0787. The van der Waals surface area contributed by atoms with E-state index in [1.54, 1.807) is 18.2 Å². The van der Waals surface area contributed by atoms with Crippen LogP contribution in [0.3, 0.4) is 0 Å². The summed E-state index contributed by atoms with van der Waals surface area (Å²) >= 11 is 6.04. The molecule has 1 N–H and O–H groups in total. The first-order chi connectivity index (χ1) is 8.31. The van der Waals surface area contributed by atoms with Crippen LogP contribution in [0, 0.1) is 0 Å². The summed E-state index contributed by atoms with van der Waals surface area (Å²) in [7, 11) is 0. The van der Waals surface area contributed by atoms with Crippen molar-refractivity contribution in [3.63, 3.8) is 0 Å². The van der Waals surface area contributed by atoms with E-state index in [1.807, 2.05) is 30.3 Å². The number of ether oxygens (including phenoxy) is 1. The third kappa shape index (κ3) is 2.99. The van der Waals surface area contributed by atoms with E-state index in [0.29, 0.717) is 22.9 Å². The lowest BCUT2D eigenvalue weighted by molar-refractivity contribution is 0.259. The van der Waals surface area contributed by atoms with E-state index in [2.05, 4.69) is 0 Å².